The van der Waals surface area contributed by atoms with Gasteiger partial charge in [-0.05, 0) is 31.0 Å². The third kappa shape index (κ3) is 3.17. The number of aliphatic carboxylic acids is 1. The van der Waals surface area contributed by atoms with E-state index in [-0.39, 0.29) is 0 Å². The molecule has 1 heterocycles. The largest absolute Gasteiger partial charge is 0.479 e. The first kappa shape index (κ1) is 14.1. The van der Waals surface area contributed by atoms with Gasteiger partial charge in [0.1, 0.15) is 0 Å². The van der Waals surface area contributed by atoms with Crippen LogP contribution in [0.25, 0.3) is 0 Å². The molecule has 0 aliphatic rings. The van der Waals surface area contributed by atoms with Crippen LogP contribution in [0.4, 0.5) is 5.69 Å². The van der Waals surface area contributed by atoms with Gasteiger partial charge >= 0.3 is 5.97 Å². The molecule has 1 aromatic heterocycles. The van der Waals surface area contributed by atoms with Crippen molar-refractivity contribution >= 4 is 11.7 Å². The van der Waals surface area contributed by atoms with Gasteiger partial charge in [-0.25, -0.2) is 9.78 Å². The van der Waals surface area contributed by atoms with Crippen LogP contribution in [0.3, 0.4) is 0 Å². The molecule has 0 fully saturated rings. The minimum Gasteiger partial charge on any atom is -0.479 e. The van der Waals surface area contributed by atoms with Crippen LogP contribution in [0.5, 0.6) is 0 Å². The fourth-order valence-corrected chi connectivity index (χ4v) is 2.16. The number of hydrogen-bond donors (Lipinski definition) is 2. The molecule has 1 aromatic carbocycles. The first-order valence-corrected chi connectivity index (χ1v) is 6.68. The van der Waals surface area contributed by atoms with Crippen LogP contribution >= 0.6 is 0 Å². The van der Waals surface area contributed by atoms with Crippen LogP contribution in [-0.2, 0) is 11.3 Å². The predicted molar refractivity (Wildman–Crippen MR) is 77.7 cm³/mol. The zero-order chi connectivity index (χ0) is 14.5. The zero-order valence-corrected chi connectivity index (χ0v) is 11.7. The number of benzene rings is 1. The maximum atomic E-state index is 11.5. The molecule has 1 atom stereocenters. The fourth-order valence-electron chi connectivity index (χ4n) is 2.16. The fraction of sp³-hybridized carbons (Fsp3) is 0.333. The van der Waals surface area contributed by atoms with Crippen molar-refractivity contribution in [1.82, 2.24) is 9.55 Å². The molecule has 2 aromatic rings. The van der Waals surface area contributed by atoms with Gasteiger partial charge in [0, 0.05) is 12.2 Å². The number of rotatable bonds is 6. The van der Waals surface area contributed by atoms with E-state index >= 15 is 0 Å². The maximum Gasteiger partial charge on any atom is 0.332 e. The highest BCUT2D eigenvalue weighted by atomic mass is 16.4. The van der Waals surface area contributed by atoms with Crippen LogP contribution in [-0.4, -0.2) is 20.6 Å². The minimum absolute atomic E-state index is 0.667. The van der Waals surface area contributed by atoms with E-state index in [4.69, 9.17) is 0 Å². The third-order valence-corrected chi connectivity index (χ3v) is 3.08. The van der Waals surface area contributed by atoms with Crippen molar-refractivity contribution in [2.75, 3.05) is 5.32 Å². The van der Waals surface area contributed by atoms with Crippen LogP contribution < -0.4 is 5.32 Å². The number of carbonyl (C=O) groups is 1. The second-order valence-corrected chi connectivity index (χ2v) is 4.80. The van der Waals surface area contributed by atoms with Crippen LogP contribution in [0.2, 0.25) is 0 Å². The smallest absolute Gasteiger partial charge is 0.332 e. The van der Waals surface area contributed by atoms with Crippen LogP contribution in [0, 0.1) is 6.92 Å². The maximum absolute atomic E-state index is 11.5. The second-order valence-electron chi connectivity index (χ2n) is 4.80. The van der Waals surface area contributed by atoms with Crippen molar-refractivity contribution in [3.63, 3.8) is 0 Å². The first-order valence-electron chi connectivity index (χ1n) is 6.68. The molecule has 0 saturated heterocycles. The van der Waals surface area contributed by atoms with Gasteiger partial charge in [0.2, 0.25) is 0 Å². The Balaban J connectivity index is 2.27. The number of imidazole rings is 1. The molecular formula is C15H19N3O2. The van der Waals surface area contributed by atoms with E-state index < -0.39 is 12.0 Å². The predicted octanol–water partition coefficient (Wildman–Crippen LogP) is 2.84. The van der Waals surface area contributed by atoms with Crippen LogP contribution in [0.1, 0.15) is 30.6 Å². The summed E-state index contributed by atoms with van der Waals surface area (Å²) in [5.41, 5.74) is 2.55. The van der Waals surface area contributed by atoms with Crippen LogP contribution in [0.15, 0.2) is 36.8 Å². The van der Waals surface area contributed by atoms with Crippen molar-refractivity contribution in [1.29, 1.82) is 0 Å². The summed E-state index contributed by atoms with van der Waals surface area (Å²) in [7, 11) is 0. The Kier molecular flexibility index (Phi) is 4.40. The number of carboxylic acids is 1. The Morgan fingerprint density at radius 3 is 2.95 bits per heavy atom. The number of aryl methyl sites for hydroxylation is 2. The Bertz CT molecular complexity index is 592. The van der Waals surface area contributed by atoms with Crippen molar-refractivity contribution in [2.45, 2.75) is 32.9 Å². The Morgan fingerprint density at radius 1 is 1.50 bits per heavy atom. The molecule has 0 aliphatic carbocycles. The Hall–Kier alpha value is -2.30. The van der Waals surface area contributed by atoms with Crippen molar-refractivity contribution in [2.24, 2.45) is 0 Å². The van der Waals surface area contributed by atoms with Gasteiger partial charge in [0.15, 0.2) is 6.04 Å². The highest BCUT2D eigenvalue weighted by molar-refractivity contribution is 5.78. The summed E-state index contributed by atoms with van der Waals surface area (Å²) in [6.07, 6.45) is 4.21. The van der Waals surface area contributed by atoms with E-state index in [0.717, 1.165) is 24.2 Å². The molecule has 20 heavy (non-hydrogen) atoms. The third-order valence-electron chi connectivity index (χ3n) is 3.08. The van der Waals surface area contributed by atoms with E-state index in [1.54, 1.807) is 12.5 Å². The molecule has 5 nitrogen and oxygen atoms in total. The van der Waals surface area contributed by atoms with Gasteiger partial charge < -0.3 is 15.0 Å². The number of aromatic nitrogens is 2. The summed E-state index contributed by atoms with van der Waals surface area (Å²) in [5, 5.41) is 12.5. The lowest BCUT2D eigenvalue weighted by molar-refractivity contribution is -0.138. The number of carboxylic acid groups (broad SMARTS) is 1. The van der Waals surface area contributed by atoms with Gasteiger partial charge in [0.05, 0.1) is 18.2 Å². The lowest BCUT2D eigenvalue weighted by atomic mass is 10.1. The molecule has 2 N–H and O–H groups in total. The molecule has 1 unspecified atom stereocenters. The van der Waals surface area contributed by atoms with E-state index in [1.165, 1.54) is 0 Å². The zero-order valence-electron chi connectivity index (χ0n) is 11.7. The highest BCUT2D eigenvalue weighted by Gasteiger charge is 2.23. The van der Waals surface area contributed by atoms with Gasteiger partial charge in [-0.3, -0.25) is 0 Å². The Morgan fingerprint density at radius 2 is 2.30 bits per heavy atom. The molecule has 0 saturated carbocycles. The monoisotopic (exact) mass is 273 g/mol. The first-order chi connectivity index (χ1) is 9.61. The summed E-state index contributed by atoms with van der Waals surface area (Å²) in [6, 6.07) is 6.87. The summed E-state index contributed by atoms with van der Waals surface area (Å²) < 4.78 is 1.88. The number of nitrogens with one attached hydrogen (secondary N) is 1. The number of anilines is 1. The summed E-state index contributed by atoms with van der Waals surface area (Å²) >= 11 is 0. The molecule has 0 aliphatic heterocycles. The van der Waals surface area contributed by atoms with E-state index in [0.29, 0.717) is 5.69 Å². The van der Waals surface area contributed by atoms with Gasteiger partial charge in [-0.1, -0.05) is 19.1 Å². The van der Waals surface area contributed by atoms with E-state index in [2.05, 4.69) is 10.3 Å². The summed E-state index contributed by atoms with van der Waals surface area (Å²) in [6.45, 7) is 4.78. The minimum atomic E-state index is -0.913. The van der Waals surface area contributed by atoms with Gasteiger partial charge in [-0.2, -0.15) is 0 Å². The Labute approximate surface area is 118 Å². The number of hydrogen-bond acceptors (Lipinski definition) is 3. The lowest BCUT2D eigenvalue weighted by Gasteiger charge is -2.17. The molecule has 106 valence electrons. The standard InChI is InChI=1S/C15H19N3O2/c1-3-7-18-10-16-9-13(18)14(15(19)20)17-12-6-4-5-11(2)8-12/h4-6,8-10,14,17H,3,7H2,1-2H3,(H,19,20). The average Bonchev–Trinajstić information content (AvgIpc) is 2.84. The lowest BCUT2D eigenvalue weighted by Crippen LogP contribution is -2.23. The summed E-state index contributed by atoms with van der Waals surface area (Å²) in [5.74, 6) is -0.913. The molecular weight excluding hydrogens is 254 g/mol. The molecule has 0 amide bonds. The quantitative estimate of drug-likeness (QED) is 0.849. The van der Waals surface area contributed by atoms with E-state index in [9.17, 15) is 9.90 Å². The molecule has 0 bridgehead atoms. The molecule has 5 heteroatoms. The van der Waals surface area contributed by atoms with Crippen molar-refractivity contribution < 1.29 is 9.90 Å². The molecule has 2 rings (SSSR count). The van der Waals surface area contributed by atoms with Gasteiger partial charge in [-0.15, -0.1) is 0 Å². The van der Waals surface area contributed by atoms with Crippen molar-refractivity contribution in [3.8, 4) is 0 Å². The molecule has 0 spiro atoms. The SMILES string of the molecule is CCCn1cncc1C(Nc1cccc(C)c1)C(=O)O. The van der Waals surface area contributed by atoms with Gasteiger partial charge in [0.25, 0.3) is 0 Å². The normalized spacial score (nSPS) is 12.1. The highest BCUT2D eigenvalue weighted by Crippen LogP contribution is 2.21. The van der Waals surface area contributed by atoms with E-state index in [1.807, 2.05) is 42.7 Å². The summed E-state index contributed by atoms with van der Waals surface area (Å²) in [4.78, 5) is 15.6. The van der Waals surface area contributed by atoms with Crippen molar-refractivity contribution in [3.05, 3.63) is 48.0 Å². The second kappa shape index (κ2) is 6.23. The average molecular weight is 273 g/mol. The topological polar surface area (TPSA) is 67.2 Å². The molecule has 0 radical (unpaired) electrons. The number of nitrogens with zero attached hydrogens (tertiary/aromatic N) is 2.